The second-order valence-electron chi connectivity index (χ2n) is 13.2. The first-order valence-electron chi connectivity index (χ1n) is 14.5. The van der Waals surface area contributed by atoms with Crippen LogP contribution in [0.4, 0.5) is 11.6 Å². The highest BCUT2D eigenvalue weighted by atomic mass is 32.2. The number of fused-ring (bicyclic) bond motifs is 6. The van der Waals surface area contributed by atoms with Crippen molar-refractivity contribution in [3.8, 4) is 17.1 Å². The predicted molar refractivity (Wildman–Crippen MR) is 163 cm³/mol. The number of ether oxygens (including phenoxy) is 1. The fourth-order valence-corrected chi connectivity index (χ4v) is 7.81. The summed E-state index contributed by atoms with van der Waals surface area (Å²) >= 11 is 0. The van der Waals surface area contributed by atoms with E-state index < -0.39 is 10.0 Å². The molecule has 1 amide bonds. The largest absolute Gasteiger partial charge is 0.473 e. The maximum atomic E-state index is 13.6. The van der Waals surface area contributed by atoms with Gasteiger partial charge in [-0.1, -0.05) is 52.0 Å². The summed E-state index contributed by atoms with van der Waals surface area (Å²) in [7, 11) is -4.05. The number of nitrogens with zero attached hydrogens (tertiary/aromatic N) is 3. The number of rotatable bonds is 3. The molecule has 2 aromatic carbocycles. The molecular weight excluding hydrogens is 550 g/mol. The number of nitrogens with one attached hydrogen (secondary N) is 2. The summed E-state index contributed by atoms with van der Waals surface area (Å²) < 4.78 is 35.9. The summed E-state index contributed by atoms with van der Waals surface area (Å²) in [4.78, 5) is 25.1. The summed E-state index contributed by atoms with van der Waals surface area (Å²) in [6, 6.07) is 14.0. The molecule has 0 unspecified atom stereocenters. The maximum Gasteiger partial charge on any atom is 0.264 e. The van der Waals surface area contributed by atoms with Crippen molar-refractivity contribution in [2.24, 2.45) is 22.7 Å². The average Bonchev–Trinajstić information content (AvgIpc) is 3.29. The van der Waals surface area contributed by atoms with E-state index in [1.807, 2.05) is 32.0 Å². The zero-order valence-corrected chi connectivity index (χ0v) is 25.9. The van der Waals surface area contributed by atoms with Crippen molar-refractivity contribution in [3.63, 3.8) is 0 Å². The minimum atomic E-state index is -4.05. The van der Waals surface area contributed by atoms with Crippen LogP contribution in [-0.4, -0.2) is 54.9 Å². The smallest absolute Gasteiger partial charge is 0.264 e. The van der Waals surface area contributed by atoms with E-state index >= 15 is 0 Å². The molecule has 9 nitrogen and oxygen atoms in total. The van der Waals surface area contributed by atoms with Gasteiger partial charge in [-0.3, -0.25) is 9.69 Å². The Bertz CT molecular complexity index is 1630. The van der Waals surface area contributed by atoms with E-state index in [4.69, 9.17) is 4.74 Å². The number of hydrogen-bond acceptors (Lipinski definition) is 7. The number of carbonyl (C=O) groups is 1. The lowest BCUT2D eigenvalue weighted by Gasteiger charge is -2.37. The lowest BCUT2D eigenvalue weighted by atomic mass is 9.94. The van der Waals surface area contributed by atoms with Gasteiger partial charge in [-0.2, -0.15) is 4.98 Å². The normalized spacial score (nSPS) is 24.5. The van der Waals surface area contributed by atoms with E-state index in [0.29, 0.717) is 36.8 Å². The van der Waals surface area contributed by atoms with Crippen molar-refractivity contribution in [3.05, 3.63) is 59.7 Å². The number of piperidine rings is 1. The SMILES string of the molecule is Cc1cccc(C)c1-c1cc2nc(n1)NS(=O)(=O)c1cccc(c1)NC(=O)[C@@H]1C[C@@H](CN(CC3C(C)(C)C3(C)C)C1)O2. The van der Waals surface area contributed by atoms with Crippen LogP contribution in [0.15, 0.2) is 53.4 Å². The van der Waals surface area contributed by atoms with Gasteiger partial charge in [0.05, 0.1) is 16.5 Å². The molecule has 2 N–H and O–H groups in total. The lowest BCUT2D eigenvalue weighted by Crippen LogP contribution is -2.49. The molecule has 1 aliphatic carbocycles. The highest BCUT2D eigenvalue weighted by Crippen LogP contribution is 2.68. The van der Waals surface area contributed by atoms with E-state index in [-0.39, 0.29) is 45.5 Å². The zero-order chi connectivity index (χ0) is 30.0. The van der Waals surface area contributed by atoms with Crippen LogP contribution in [0.3, 0.4) is 0 Å². The standard InChI is InChI=1S/C32H39N5O4S/c1-19-9-7-10-20(2)28(19)25-15-27-35-30(34-25)36-42(39,40)24-12-8-11-22(14-24)33-29(38)21-13-23(41-27)17-37(16-21)18-26-31(3,4)32(26,5)6/h7-12,14-15,21,23,26H,13,16-18H2,1-6H3,(H,33,38)(H,34,35,36)/t21-,23+/m1/s1. The van der Waals surface area contributed by atoms with Crippen molar-refractivity contribution in [2.45, 2.75) is 59.0 Å². The second kappa shape index (κ2) is 10.1. The first kappa shape index (κ1) is 28.6. The number of amides is 1. The molecule has 2 aliphatic heterocycles. The number of anilines is 2. The molecular formula is C32H39N5O4S. The van der Waals surface area contributed by atoms with Gasteiger partial charge in [0, 0.05) is 37.0 Å². The van der Waals surface area contributed by atoms with Gasteiger partial charge in [0.25, 0.3) is 10.0 Å². The summed E-state index contributed by atoms with van der Waals surface area (Å²) in [5, 5.41) is 2.96. The third-order valence-corrected chi connectivity index (χ3v) is 11.3. The Labute approximate surface area is 248 Å². The van der Waals surface area contributed by atoms with Gasteiger partial charge < -0.3 is 10.1 Å². The maximum absolute atomic E-state index is 13.6. The predicted octanol–water partition coefficient (Wildman–Crippen LogP) is 5.26. The van der Waals surface area contributed by atoms with Gasteiger partial charge in [-0.25, -0.2) is 18.1 Å². The van der Waals surface area contributed by atoms with E-state index in [9.17, 15) is 13.2 Å². The molecule has 6 bridgehead atoms. The van der Waals surface area contributed by atoms with Crippen LogP contribution in [0.1, 0.15) is 45.2 Å². The molecule has 3 aliphatic rings. The molecule has 2 fully saturated rings. The van der Waals surface area contributed by atoms with Gasteiger partial charge >= 0.3 is 0 Å². The Morgan fingerprint density at radius 3 is 2.36 bits per heavy atom. The molecule has 0 radical (unpaired) electrons. The molecule has 1 aromatic heterocycles. The third-order valence-electron chi connectivity index (χ3n) is 9.98. The Morgan fingerprint density at radius 1 is 0.976 bits per heavy atom. The Hall–Kier alpha value is -3.50. The number of hydrogen-bond donors (Lipinski definition) is 2. The highest BCUT2D eigenvalue weighted by Gasteiger charge is 2.64. The number of benzene rings is 2. The summed E-state index contributed by atoms with van der Waals surface area (Å²) in [6.07, 6.45) is 0.197. The monoisotopic (exact) mass is 589 g/mol. The van der Waals surface area contributed by atoms with Gasteiger partial charge in [0.15, 0.2) is 0 Å². The molecule has 2 atom stereocenters. The van der Waals surface area contributed by atoms with Crippen LogP contribution in [0.5, 0.6) is 5.88 Å². The van der Waals surface area contributed by atoms with Crippen molar-refractivity contribution in [1.29, 1.82) is 0 Å². The third kappa shape index (κ3) is 5.15. The van der Waals surface area contributed by atoms with E-state index in [1.165, 1.54) is 12.1 Å². The molecule has 1 saturated heterocycles. The van der Waals surface area contributed by atoms with Crippen molar-refractivity contribution in [2.75, 3.05) is 29.7 Å². The fraction of sp³-hybridized carbons (Fsp3) is 0.469. The number of aromatic nitrogens is 2. The minimum absolute atomic E-state index is 0.00208. The van der Waals surface area contributed by atoms with Gasteiger partial charge in [0.2, 0.25) is 17.7 Å². The fourth-order valence-electron chi connectivity index (χ4n) is 6.83. The lowest BCUT2D eigenvalue weighted by molar-refractivity contribution is -0.123. The topological polar surface area (TPSA) is 114 Å². The van der Waals surface area contributed by atoms with E-state index in [0.717, 1.165) is 23.2 Å². The van der Waals surface area contributed by atoms with Crippen molar-refractivity contribution in [1.82, 2.24) is 14.9 Å². The van der Waals surface area contributed by atoms with Gasteiger partial charge in [0.1, 0.15) is 6.10 Å². The molecule has 1 saturated carbocycles. The first-order valence-corrected chi connectivity index (χ1v) is 16.0. The summed E-state index contributed by atoms with van der Waals surface area (Å²) in [5.41, 5.74) is 4.33. The van der Waals surface area contributed by atoms with Crippen LogP contribution in [0.25, 0.3) is 11.3 Å². The van der Waals surface area contributed by atoms with E-state index in [2.05, 4.69) is 52.6 Å². The molecule has 6 rings (SSSR count). The van der Waals surface area contributed by atoms with Crippen molar-refractivity contribution < 1.29 is 17.9 Å². The van der Waals surface area contributed by atoms with Crippen LogP contribution in [0.2, 0.25) is 0 Å². The van der Waals surface area contributed by atoms with Crippen LogP contribution in [-0.2, 0) is 14.8 Å². The minimum Gasteiger partial charge on any atom is -0.473 e. The quantitative estimate of drug-likeness (QED) is 0.428. The summed E-state index contributed by atoms with van der Waals surface area (Å²) in [6.45, 7) is 15.4. The molecule has 0 spiro atoms. The number of carbonyl (C=O) groups excluding carboxylic acids is 1. The Kier molecular flexibility index (Phi) is 6.85. The van der Waals surface area contributed by atoms with Gasteiger partial charge in [-0.15, -0.1) is 0 Å². The highest BCUT2D eigenvalue weighted by molar-refractivity contribution is 7.92. The molecule has 10 heteroatoms. The Morgan fingerprint density at radius 2 is 1.67 bits per heavy atom. The molecule has 3 heterocycles. The van der Waals surface area contributed by atoms with Crippen LogP contribution >= 0.6 is 0 Å². The number of aryl methyl sites for hydroxylation is 2. The molecule has 3 aromatic rings. The number of sulfonamides is 1. The Balaban J connectivity index is 1.43. The number of likely N-dealkylation sites (tertiary alicyclic amines) is 1. The zero-order valence-electron chi connectivity index (χ0n) is 25.1. The van der Waals surface area contributed by atoms with Gasteiger partial charge in [-0.05, 0) is 66.3 Å². The second-order valence-corrected chi connectivity index (χ2v) is 14.9. The van der Waals surface area contributed by atoms with Crippen molar-refractivity contribution >= 4 is 27.6 Å². The molecule has 42 heavy (non-hydrogen) atoms. The van der Waals surface area contributed by atoms with Crippen LogP contribution < -0.4 is 14.8 Å². The first-order chi connectivity index (χ1) is 19.7. The van der Waals surface area contributed by atoms with Crippen LogP contribution in [0, 0.1) is 36.5 Å². The molecule has 222 valence electrons. The summed E-state index contributed by atoms with van der Waals surface area (Å²) in [5.74, 6) is 0.216. The average molecular weight is 590 g/mol. The van der Waals surface area contributed by atoms with E-state index in [1.54, 1.807) is 18.2 Å².